The zero-order chi connectivity index (χ0) is 13.3. The van der Waals surface area contributed by atoms with Crippen LogP contribution in [-0.4, -0.2) is 30.7 Å². The molecule has 0 amide bonds. The average Bonchev–Trinajstić information content (AvgIpc) is 2.83. The maximum absolute atomic E-state index is 11.7. The Morgan fingerprint density at radius 2 is 2.11 bits per heavy atom. The first kappa shape index (κ1) is 12.1. The first-order valence-electron chi connectivity index (χ1n) is 6.58. The van der Waals surface area contributed by atoms with E-state index in [-0.39, 0.29) is 0 Å². The normalized spacial score (nSPS) is 18.5. The lowest BCUT2D eigenvalue weighted by molar-refractivity contribution is -0.151. The number of hydrogen-bond donors (Lipinski definition) is 1. The van der Waals surface area contributed by atoms with E-state index in [1.165, 1.54) is 0 Å². The molecule has 2 heterocycles. The summed E-state index contributed by atoms with van der Waals surface area (Å²) in [5.41, 5.74) is 0.0261. The number of carboxylic acids is 1. The molecule has 1 fully saturated rings. The molecule has 1 aliphatic carbocycles. The van der Waals surface area contributed by atoms with Crippen LogP contribution in [0.25, 0.3) is 5.65 Å². The van der Waals surface area contributed by atoms with Crippen molar-refractivity contribution in [3.63, 3.8) is 0 Å². The van der Waals surface area contributed by atoms with Gasteiger partial charge in [0.05, 0.1) is 5.41 Å². The van der Waals surface area contributed by atoms with E-state index in [2.05, 4.69) is 15.2 Å². The van der Waals surface area contributed by atoms with Gasteiger partial charge in [0, 0.05) is 18.7 Å². The molecule has 19 heavy (non-hydrogen) atoms. The molecule has 0 saturated heterocycles. The number of nitrogens with zero attached hydrogens (tertiary/aromatic N) is 4. The van der Waals surface area contributed by atoms with E-state index < -0.39 is 11.4 Å². The molecule has 100 valence electrons. The molecule has 1 aliphatic rings. The molecular formula is C13H16N4O2. The second kappa shape index (κ2) is 4.60. The van der Waals surface area contributed by atoms with Gasteiger partial charge in [-0.3, -0.25) is 9.20 Å². The fourth-order valence-electron chi connectivity index (χ4n) is 2.91. The van der Waals surface area contributed by atoms with Gasteiger partial charge in [0.1, 0.15) is 12.2 Å². The van der Waals surface area contributed by atoms with Crippen LogP contribution in [0.3, 0.4) is 0 Å². The Balaban J connectivity index is 1.96. The highest BCUT2D eigenvalue weighted by atomic mass is 16.4. The van der Waals surface area contributed by atoms with Crippen molar-refractivity contribution in [2.45, 2.75) is 38.5 Å². The number of rotatable bonds is 3. The van der Waals surface area contributed by atoms with Gasteiger partial charge in [-0.2, -0.15) is 0 Å². The van der Waals surface area contributed by atoms with Crippen molar-refractivity contribution >= 4 is 11.6 Å². The van der Waals surface area contributed by atoms with Crippen LogP contribution in [0, 0.1) is 5.41 Å². The van der Waals surface area contributed by atoms with Gasteiger partial charge >= 0.3 is 5.97 Å². The highest BCUT2D eigenvalue weighted by Gasteiger charge is 2.40. The van der Waals surface area contributed by atoms with Crippen LogP contribution in [0.15, 0.2) is 18.6 Å². The standard InChI is InChI=1S/C13H16N4O2/c18-12(19)13(5-2-1-3-6-13)8-11-16-15-10-4-7-14-9-17(10)11/h4,7,9H,1-3,5-6,8H2,(H,18,19). The Bertz CT molecular complexity index is 601. The van der Waals surface area contributed by atoms with Crippen molar-refractivity contribution in [1.29, 1.82) is 0 Å². The average molecular weight is 260 g/mol. The third-order valence-electron chi connectivity index (χ3n) is 4.05. The van der Waals surface area contributed by atoms with E-state index in [0.717, 1.165) is 32.1 Å². The van der Waals surface area contributed by atoms with Gasteiger partial charge in [-0.05, 0) is 12.8 Å². The van der Waals surface area contributed by atoms with Crippen molar-refractivity contribution in [2.75, 3.05) is 0 Å². The molecule has 2 aromatic rings. The smallest absolute Gasteiger partial charge is 0.310 e. The first-order chi connectivity index (χ1) is 9.21. The van der Waals surface area contributed by atoms with Crippen molar-refractivity contribution in [3.05, 3.63) is 24.4 Å². The van der Waals surface area contributed by atoms with Crippen molar-refractivity contribution in [3.8, 4) is 0 Å². The van der Waals surface area contributed by atoms with Gasteiger partial charge in [-0.15, -0.1) is 10.2 Å². The molecule has 0 spiro atoms. The second-order valence-corrected chi connectivity index (χ2v) is 5.25. The van der Waals surface area contributed by atoms with Crippen molar-refractivity contribution < 1.29 is 9.90 Å². The van der Waals surface area contributed by atoms with Crippen LogP contribution in [0.2, 0.25) is 0 Å². The van der Waals surface area contributed by atoms with Crippen LogP contribution in [-0.2, 0) is 11.2 Å². The zero-order valence-corrected chi connectivity index (χ0v) is 10.6. The minimum absolute atomic E-state index is 0.426. The van der Waals surface area contributed by atoms with E-state index in [1.807, 2.05) is 0 Å². The van der Waals surface area contributed by atoms with Crippen molar-refractivity contribution in [1.82, 2.24) is 19.6 Å². The molecule has 2 aromatic heterocycles. The topological polar surface area (TPSA) is 80.4 Å². The number of aromatic nitrogens is 4. The van der Waals surface area contributed by atoms with E-state index in [9.17, 15) is 9.90 Å². The molecule has 0 unspecified atom stereocenters. The lowest BCUT2D eigenvalue weighted by Crippen LogP contribution is -2.36. The summed E-state index contributed by atoms with van der Waals surface area (Å²) in [6.07, 6.45) is 8.23. The van der Waals surface area contributed by atoms with Crippen molar-refractivity contribution in [2.24, 2.45) is 5.41 Å². The summed E-state index contributed by atoms with van der Waals surface area (Å²) in [6, 6.07) is 1.77. The van der Waals surface area contributed by atoms with Gasteiger partial charge < -0.3 is 5.11 Å². The summed E-state index contributed by atoms with van der Waals surface area (Å²) in [4.78, 5) is 15.7. The second-order valence-electron chi connectivity index (χ2n) is 5.25. The van der Waals surface area contributed by atoms with E-state index in [0.29, 0.717) is 17.9 Å². The maximum atomic E-state index is 11.7. The maximum Gasteiger partial charge on any atom is 0.310 e. The minimum atomic E-state index is -0.715. The predicted octanol–water partition coefficient (Wildman–Crippen LogP) is 1.70. The minimum Gasteiger partial charge on any atom is -0.481 e. The number of carboxylic acid groups (broad SMARTS) is 1. The monoisotopic (exact) mass is 260 g/mol. The molecule has 3 rings (SSSR count). The van der Waals surface area contributed by atoms with E-state index in [1.54, 1.807) is 23.0 Å². The van der Waals surface area contributed by atoms with Crippen LogP contribution in [0.1, 0.15) is 37.9 Å². The van der Waals surface area contributed by atoms with Gasteiger partial charge in [-0.1, -0.05) is 19.3 Å². The Morgan fingerprint density at radius 3 is 2.84 bits per heavy atom. The number of hydrogen-bond acceptors (Lipinski definition) is 4. The molecule has 0 bridgehead atoms. The fourth-order valence-corrected chi connectivity index (χ4v) is 2.91. The summed E-state index contributed by atoms with van der Waals surface area (Å²) >= 11 is 0. The Hall–Kier alpha value is -1.98. The molecule has 1 saturated carbocycles. The quantitative estimate of drug-likeness (QED) is 0.908. The molecule has 0 aromatic carbocycles. The van der Waals surface area contributed by atoms with E-state index in [4.69, 9.17) is 0 Å². The van der Waals surface area contributed by atoms with Gasteiger partial charge in [0.2, 0.25) is 0 Å². The van der Waals surface area contributed by atoms with Crippen LogP contribution in [0.4, 0.5) is 0 Å². The summed E-state index contributed by atoms with van der Waals surface area (Å²) in [5.74, 6) is -0.0276. The van der Waals surface area contributed by atoms with Crippen LogP contribution in [0.5, 0.6) is 0 Å². The SMILES string of the molecule is O=C(O)C1(Cc2nnc3ccncn23)CCCCC1. The summed E-state index contributed by atoms with van der Waals surface area (Å²) in [6.45, 7) is 0. The van der Waals surface area contributed by atoms with Gasteiger partial charge in [-0.25, -0.2) is 4.98 Å². The summed E-state index contributed by atoms with van der Waals surface area (Å²) in [7, 11) is 0. The van der Waals surface area contributed by atoms with Gasteiger partial charge in [0.25, 0.3) is 0 Å². The molecule has 0 radical (unpaired) electrons. The zero-order valence-electron chi connectivity index (χ0n) is 10.6. The van der Waals surface area contributed by atoms with Gasteiger partial charge in [0.15, 0.2) is 5.65 Å². The lowest BCUT2D eigenvalue weighted by Gasteiger charge is -2.32. The predicted molar refractivity (Wildman–Crippen MR) is 67.6 cm³/mol. The largest absolute Gasteiger partial charge is 0.481 e. The Morgan fingerprint density at radius 1 is 1.32 bits per heavy atom. The summed E-state index contributed by atoms with van der Waals surface area (Å²) in [5, 5.41) is 17.8. The molecule has 0 atom stereocenters. The molecule has 6 heteroatoms. The lowest BCUT2D eigenvalue weighted by atomic mass is 9.71. The Kier molecular flexibility index (Phi) is 2.93. The number of carbonyl (C=O) groups is 1. The number of aliphatic carboxylic acids is 1. The van der Waals surface area contributed by atoms with Crippen LogP contribution >= 0.6 is 0 Å². The molecule has 1 N–H and O–H groups in total. The highest BCUT2D eigenvalue weighted by molar-refractivity contribution is 5.75. The Labute approximate surface area is 110 Å². The number of fused-ring (bicyclic) bond motifs is 1. The fraction of sp³-hybridized carbons (Fsp3) is 0.538. The highest BCUT2D eigenvalue weighted by Crippen LogP contribution is 2.39. The third-order valence-corrected chi connectivity index (χ3v) is 4.05. The van der Waals surface area contributed by atoms with Crippen LogP contribution < -0.4 is 0 Å². The summed E-state index contributed by atoms with van der Waals surface area (Å²) < 4.78 is 1.78. The molecule has 0 aliphatic heterocycles. The molecular weight excluding hydrogens is 244 g/mol. The molecule has 6 nitrogen and oxygen atoms in total. The first-order valence-corrected chi connectivity index (χ1v) is 6.58. The third kappa shape index (κ3) is 2.07. The van der Waals surface area contributed by atoms with E-state index >= 15 is 0 Å².